The van der Waals surface area contributed by atoms with Crippen LogP contribution in [0.5, 0.6) is 0 Å². The van der Waals surface area contributed by atoms with Crippen LogP contribution in [0.4, 0.5) is 0 Å². The Balaban J connectivity index is 2.54. The molecule has 0 aliphatic rings. The number of H-pyrrole nitrogens is 1. The SMILES string of the molecule is NNCc1ccc2[nH]c(=O)oc2c1. The van der Waals surface area contributed by atoms with Crippen LogP contribution in [-0.2, 0) is 6.54 Å². The Kier molecular flexibility index (Phi) is 1.88. The fourth-order valence-electron chi connectivity index (χ4n) is 1.22. The van der Waals surface area contributed by atoms with Crippen molar-refractivity contribution < 1.29 is 4.42 Å². The van der Waals surface area contributed by atoms with Gasteiger partial charge in [0.15, 0.2) is 5.58 Å². The van der Waals surface area contributed by atoms with Crippen LogP contribution in [0.15, 0.2) is 27.4 Å². The van der Waals surface area contributed by atoms with Crippen LogP contribution < -0.4 is 17.0 Å². The predicted octanol–water partition coefficient (Wildman–Crippen LogP) is 0.0844. The molecule has 1 aromatic heterocycles. The van der Waals surface area contributed by atoms with Crippen LogP contribution in [0, 0.1) is 0 Å². The second kappa shape index (κ2) is 3.04. The van der Waals surface area contributed by atoms with E-state index in [1.807, 2.05) is 6.07 Å². The summed E-state index contributed by atoms with van der Waals surface area (Å²) in [5.74, 6) is 4.72. The molecular formula is C8H9N3O2. The molecule has 2 aromatic rings. The molecule has 1 aromatic carbocycles. The van der Waals surface area contributed by atoms with Gasteiger partial charge >= 0.3 is 5.76 Å². The number of rotatable bonds is 2. The second-order valence-electron chi connectivity index (χ2n) is 2.73. The molecule has 5 heteroatoms. The van der Waals surface area contributed by atoms with Gasteiger partial charge in [0, 0.05) is 6.54 Å². The average molecular weight is 179 g/mol. The summed E-state index contributed by atoms with van der Waals surface area (Å²) < 4.78 is 4.88. The summed E-state index contributed by atoms with van der Waals surface area (Å²) in [6.07, 6.45) is 0. The van der Waals surface area contributed by atoms with Crippen LogP contribution in [0.2, 0.25) is 0 Å². The summed E-state index contributed by atoms with van der Waals surface area (Å²) in [5, 5.41) is 0. The molecule has 0 fully saturated rings. The molecular weight excluding hydrogens is 170 g/mol. The number of hydrogen-bond acceptors (Lipinski definition) is 4. The Morgan fingerprint density at radius 2 is 2.38 bits per heavy atom. The van der Waals surface area contributed by atoms with E-state index in [0.29, 0.717) is 17.6 Å². The van der Waals surface area contributed by atoms with Gasteiger partial charge in [-0.25, -0.2) is 4.79 Å². The molecule has 0 saturated heterocycles. The highest BCUT2D eigenvalue weighted by atomic mass is 16.4. The minimum absolute atomic E-state index is 0.437. The first kappa shape index (κ1) is 8.03. The molecule has 0 spiro atoms. The number of oxazole rings is 1. The zero-order valence-electron chi connectivity index (χ0n) is 6.83. The maximum absolute atomic E-state index is 10.8. The first-order valence-electron chi connectivity index (χ1n) is 3.85. The highest BCUT2D eigenvalue weighted by Crippen LogP contribution is 2.11. The van der Waals surface area contributed by atoms with E-state index in [2.05, 4.69) is 10.4 Å². The maximum atomic E-state index is 10.8. The van der Waals surface area contributed by atoms with E-state index in [1.165, 1.54) is 0 Å². The average Bonchev–Trinajstić information content (AvgIpc) is 2.44. The number of aromatic amines is 1. The molecule has 2 rings (SSSR count). The smallest absolute Gasteiger partial charge is 0.408 e. The zero-order chi connectivity index (χ0) is 9.26. The van der Waals surface area contributed by atoms with Crippen LogP contribution >= 0.6 is 0 Å². The minimum Gasteiger partial charge on any atom is -0.408 e. The molecule has 0 aliphatic carbocycles. The fourth-order valence-corrected chi connectivity index (χ4v) is 1.22. The molecule has 0 atom stereocenters. The second-order valence-corrected chi connectivity index (χ2v) is 2.73. The van der Waals surface area contributed by atoms with Gasteiger partial charge in [-0.05, 0) is 17.7 Å². The summed E-state index contributed by atoms with van der Waals surface area (Å²) >= 11 is 0. The van der Waals surface area contributed by atoms with Crippen molar-refractivity contribution in [3.8, 4) is 0 Å². The number of benzene rings is 1. The van der Waals surface area contributed by atoms with Crippen molar-refractivity contribution in [2.24, 2.45) is 5.84 Å². The lowest BCUT2D eigenvalue weighted by Crippen LogP contribution is -2.20. The molecule has 0 saturated carbocycles. The van der Waals surface area contributed by atoms with Crippen molar-refractivity contribution in [2.45, 2.75) is 6.54 Å². The first-order chi connectivity index (χ1) is 6.29. The van der Waals surface area contributed by atoms with Crippen molar-refractivity contribution in [1.29, 1.82) is 0 Å². The normalized spacial score (nSPS) is 10.8. The lowest BCUT2D eigenvalue weighted by atomic mass is 10.2. The largest absolute Gasteiger partial charge is 0.417 e. The number of hydrogen-bond donors (Lipinski definition) is 3. The van der Waals surface area contributed by atoms with Crippen molar-refractivity contribution in [1.82, 2.24) is 10.4 Å². The van der Waals surface area contributed by atoms with Gasteiger partial charge in [0.2, 0.25) is 0 Å². The fraction of sp³-hybridized carbons (Fsp3) is 0.125. The minimum atomic E-state index is -0.437. The number of hydrazine groups is 1. The maximum Gasteiger partial charge on any atom is 0.417 e. The third-order valence-electron chi connectivity index (χ3n) is 1.79. The van der Waals surface area contributed by atoms with E-state index in [0.717, 1.165) is 5.56 Å². The highest BCUT2D eigenvalue weighted by molar-refractivity contribution is 5.72. The molecule has 0 amide bonds. The predicted molar refractivity (Wildman–Crippen MR) is 47.9 cm³/mol. The molecule has 0 aliphatic heterocycles. The van der Waals surface area contributed by atoms with Gasteiger partial charge in [-0.15, -0.1) is 0 Å². The Bertz CT molecular complexity index is 471. The van der Waals surface area contributed by atoms with Gasteiger partial charge in [0.05, 0.1) is 5.52 Å². The van der Waals surface area contributed by atoms with E-state index >= 15 is 0 Å². The third kappa shape index (κ3) is 1.47. The molecule has 5 nitrogen and oxygen atoms in total. The van der Waals surface area contributed by atoms with Crippen LogP contribution in [0.1, 0.15) is 5.56 Å². The van der Waals surface area contributed by atoms with Gasteiger partial charge in [-0.2, -0.15) is 0 Å². The monoisotopic (exact) mass is 179 g/mol. The molecule has 68 valence electrons. The molecule has 4 N–H and O–H groups in total. The van der Waals surface area contributed by atoms with Gasteiger partial charge < -0.3 is 4.42 Å². The number of nitrogens with two attached hydrogens (primary N) is 1. The molecule has 1 heterocycles. The van der Waals surface area contributed by atoms with E-state index in [4.69, 9.17) is 10.3 Å². The van der Waals surface area contributed by atoms with E-state index in [-0.39, 0.29) is 0 Å². The standard InChI is InChI=1S/C8H9N3O2/c9-10-4-5-1-2-6-7(3-5)13-8(12)11-6/h1-3,10H,4,9H2,(H,11,12). The highest BCUT2D eigenvalue weighted by Gasteiger charge is 2.00. The molecule has 0 radical (unpaired) electrons. The Morgan fingerprint density at radius 1 is 1.54 bits per heavy atom. The lowest BCUT2D eigenvalue weighted by molar-refractivity contribution is 0.555. The third-order valence-corrected chi connectivity index (χ3v) is 1.79. The van der Waals surface area contributed by atoms with Gasteiger partial charge in [-0.3, -0.25) is 16.3 Å². The topological polar surface area (TPSA) is 84.0 Å². The summed E-state index contributed by atoms with van der Waals surface area (Å²) in [6.45, 7) is 0.546. The van der Waals surface area contributed by atoms with Crippen LogP contribution in [-0.4, -0.2) is 4.98 Å². The zero-order valence-corrected chi connectivity index (χ0v) is 6.83. The summed E-state index contributed by atoms with van der Waals surface area (Å²) in [5.41, 5.74) is 4.75. The lowest BCUT2D eigenvalue weighted by Gasteiger charge is -1.97. The molecule has 13 heavy (non-hydrogen) atoms. The summed E-state index contributed by atoms with van der Waals surface area (Å²) in [4.78, 5) is 13.3. The van der Waals surface area contributed by atoms with Gasteiger partial charge in [0.1, 0.15) is 0 Å². The van der Waals surface area contributed by atoms with Crippen LogP contribution in [0.3, 0.4) is 0 Å². The van der Waals surface area contributed by atoms with E-state index in [1.54, 1.807) is 12.1 Å². The van der Waals surface area contributed by atoms with Gasteiger partial charge in [-0.1, -0.05) is 6.07 Å². The quantitative estimate of drug-likeness (QED) is 0.450. The number of aromatic nitrogens is 1. The Morgan fingerprint density at radius 3 is 3.15 bits per heavy atom. The Labute approximate surface area is 73.5 Å². The van der Waals surface area contributed by atoms with Crippen LogP contribution in [0.25, 0.3) is 11.1 Å². The Hall–Kier alpha value is -1.59. The van der Waals surface area contributed by atoms with Crippen molar-refractivity contribution in [3.63, 3.8) is 0 Å². The van der Waals surface area contributed by atoms with Crippen molar-refractivity contribution in [2.75, 3.05) is 0 Å². The summed E-state index contributed by atoms with van der Waals surface area (Å²) in [6, 6.07) is 5.42. The van der Waals surface area contributed by atoms with Crippen molar-refractivity contribution >= 4 is 11.1 Å². The van der Waals surface area contributed by atoms with Gasteiger partial charge in [0.25, 0.3) is 0 Å². The summed E-state index contributed by atoms with van der Waals surface area (Å²) in [7, 11) is 0. The molecule has 0 unspecified atom stereocenters. The first-order valence-corrected chi connectivity index (χ1v) is 3.85. The van der Waals surface area contributed by atoms with E-state index in [9.17, 15) is 4.79 Å². The number of fused-ring (bicyclic) bond motifs is 1. The van der Waals surface area contributed by atoms with Crippen molar-refractivity contribution in [3.05, 3.63) is 34.3 Å². The molecule has 0 bridgehead atoms. The number of nitrogens with one attached hydrogen (secondary N) is 2. The van der Waals surface area contributed by atoms with E-state index < -0.39 is 5.76 Å².